The highest BCUT2D eigenvalue weighted by Crippen LogP contribution is 2.18. The molecular weight excluding hydrogens is 223 g/mol. The molecule has 0 radical (unpaired) electrons. The van der Waals surface area contributed by atoms with E-state index in [1.807, 2.05) is 19.3 Å². The third-order valence-electron chi connectivity index (χ3n) is 2.25. The Morgan fingerprint density at radius 2 is 2.19 bits per heavy atom. The molecule has 1 aromatic carbocycles. The van der Waals surface area contributed by atoms with Crippen molar-refractivity contribution in [2.45, 2.75) is 13.0 Å². The summed E-state index contributed by atoms with van der Waals surface area (Å²) < 4.78 is 13.4. The lowest BCUT2D eigenvalue weighted by molar-refractivity contribution is 0.614. The Kier molecular flexibility index (Phi) is 3.64. The average molecular weight is 236 g/mol. The fourth-order valence-corrected chi connectivity index (χ4v) is 2.45. The standard InChI is InChI=1S/C12H13FN2S/c1-14-7-10-8-15-12(16-10)6-9-4-2-3-5-11(9)13/h2-5,8,14H,6-7H2,1H3. The molecule has 16 heavy (non-hydrogen) atoms. The maximum Gasteiger partial charge on any atom is 0.126 e. The number of thiazole rings is 1. The lowest BCUT2D eigenvalue weighted by atomic mass is 10.1. The van der Waals surface area contributed by atoms with Crippen LogP contribution in [0.5, 0.6) is 0 Å². The third kappa shape index (κ3) is 2.65. The van der Waals surface area contributed by atoms with Crippen molar-refractivity contribution in [1.82, 2.24) is 10.3 Å². The summed E-state index contributed by atoms with van der Waals surface area (Å²) in [6.45, 7) is 0.814. The molecule has 84 valence electrons. The van der Waals surface area contributed by atoms with Gasteiger partial charge in [-0.05, 0) is 18.7 Å². The first kappa shape index (κ1) is 11.2. The van der Waals surface area contributed by atoms with Gasteiger partial charge in [-0.25, -0.2) is 9.37 Å². The zero-order valence-electron chi connectivity index (χ0n) is 9.03. The quantitative estimate of drug-likeness (QED) is 0.882. The summed E-state index contributed by atoms with van der Waals surface area (Å²) in [5, 5.41) is 4.02. The molecule has 0 aliphatic carbocycles. The van der Waals surface area contributed by atoms with Gasteiger partial charge in [0.25, 0.3) is 0 Å². The lowest BCUT2D eigenvalue weighted by Gasteiger charge is -1.99. The highest BCUT2D eigenvalue weighted by atomic mass is 32.1. The van der Waals surface area contributed by atoms with E-state index in [1.165, 1.54) is 10.9 Å². The van der Waals surface area contributed by atoms with E-state index < -0.39 is 0 Å². The molecule has 0 amide bonds. The van der Waals surface area contributed by atoms with Crippen LogP contribution < -0.4 is 5.32 Å². The Morgan fingerprint density at radius 3 is 2.94 bits per heavy atom. The van der Waals surface area contributed by atoms with Crippen molar-refractivity contribution in [3.63, 3.8) is 0 Å². The van der Waals surface area contributed by atoms with Crippen LogP contribution in [-0.2, 0) is 13.0 Å². The summed E-state index contributed by atoms with van der Waals surface area (Å²) in [7, 11) is 1.90. The average Bonchev–Trinajstić information content (AvgIpc) is 2.70. The Morgan fingerprint density at radius 1 is 1.38 bits per heavy atom. The number of hydrogen-bond donors (Lipinski definition) is 1. The van der Waals surface area contributed by atoms with Crippen LogP contribution in [0.2, 0.25) is 0 Å². The second-order valence-electron chi connectivity index (χ2n) is 3.52. The predicted octanol–water partition coefficient (Wildman–Crippen LogP) is 2.59. The van der Waals surface area contributed by atoms with Gasteiger partial charge >= 0.3 is 0 Å². The van der Waals surface area contributed by atoms with Crippen LogP contribution in [0.4, 0.5) is 4.39 Å². The fourth-order valence-electron chi connectivity index (χ4n) is 1.49. The molecule has 0 unspecified atom stereocenters. The summed E-state index contributed by atoms with van der Waals surface area (Å²) in [5.74, 6) is -0.159. The van der Waals surface area contributed by atoms with Crippen molar-refractivity contribution in [3.8, 4) is 0 Å². The largest absolute Gasteiger partial charge is 0.315 e. The van der Waals surface area contributed by atoms with Gasteiger partial charge in [0.15, 0.2) is 0 Å². The van der Waals surface area contributed by atoms with E-state index in [4.69, 9.17) is 0 Å². The molecule has 0 spiro atoms. The van der Waals surface area contributed by atoms with Gasteiger partial charge in [0.1, 0.15) is 5.82 Å². The molecule has 1 aromatic heterocycles. The highest BCUT2D eigenvalue weighted by molar-refractivity contribution is 7.11. The van der Waals surface area contributed by atoms with Crippen LogP contribution >= 0.6 is 11.3 Å². The SMILES string of the molecule is CNCc1cnc(Cc2ccccc2F)s1. The van der Waals surface area contributed by atoms with Crippen LogP contribution in [0.1, 0.15) is 15.4 Å². The number of nitrogens with one attached hydrogen (secondary N) is 1. The van der Waals surface area contributed by atoms with E-state index >= 15 is 0 Å². The first-order valence-corrected chi connectivity index (χ1v) is 5.93. The molecule has 2 nitrogen and oxygen atoms in total. The summed E-state index contributed by atoms with van der Waals surface area (Å²) in [6, 6.07) is 6.83. The van der Waals surface area contributed by atoms with Gasteiger partial charge in [-0.1, -0.05) is 18.2 Å². The van der Waals surface area contributed by atoms with E-state index in [0.29, 0.717) is 12.0 Å². The Hall–Kier alpha value is -1.26. The molecule has 2 rings (SSSR count). The van der Waals surface area contributed by atoms with Crippen molar-refractivity contribution in [2.24, 2.45) is 0 Å². The molecule has 0 atom stereocenters. The molecule has 0 aliphatic rings. The zero-order valence-corrected chi connectivity index (χ0v) is 9.85. The van der Waals surface area contributed by atoms with Crippen LogP contribution in [0.3, 0.4) is 0 Å². The lowest BCUT2D eigenvalue weighted by Crippen LogP contribution is -2.02. The van der Waals surface area contributed by atoms with E-state index in [0.717, 1.165) is 11.6 Å². The predicted molar refractivity (Wildman–Crippen MR) is 64.1 cm³/mol. The minimum Gasteiger partial charge on any atom is -0.315 e. The monoisotopic (exact) mass is 236 g/mol. The molecular formula is C12H13FN2S. The molecule has 0 aliphatic heterocycles. The molecule has 0 saturated carbocycles. The number of aromatic nitrogens is 1. The van der Waals surface area contributed by atoms with Crippen LogP contribution in [0.15, 0.2) is 30.5 Å². The van der Waals surface area contributed by atoms with Gasteiger partial charge in [0.05, 0.1) is 5.01 Å². The van der Waals surface area contributed by atoms with Crippen molar-refractivity contribution < 1.29 is 4.39 Å². The molecule has 0 bridgehead atoms. The number of hydrogen-bond acceptors (Lipinski definition) is 3. The van der Waals surface area contributed by atoms with Crippen molar-refractivity contribution in [1.29, 1.82) is 0 Å². The van der Waals surface area contributed by atoms with Crippen LogP contribution in [-0.4, -0.2) is 12.0 Å². The first-order chi connectivity index (χ1) is 7.79. The summed E-state index contributed by atoms with van der Waals surface area (Å²) in [6.07, 6.45) is 2.42. The van der Waals surface area contributed by atoms with Gasteiger partial charge in [0.2, 0.25) is 0 Å². The zero-order chi connectivity index (χ0) is 11.4. The highest BCUT2D eigenvalue weighted by Gasteiger charge is 2.06. The van der Waals surface area contributed by atoms with Gasteiger partial charge < -0.3 is 5.32 Å². The maximum atomic E-state index is 13.4. The van der Waals surface area contributed by atoms with Crippen LogP contribution in [0, 0.1) is 5.82 Å². The summed E-state index contributed by atoms with van der Waals surface area (Å²) in [5.41, 5.74) is 0.702. The van der Waals surface area contributed by atoms with Crippen molar-refractivity contribution in [3.05, 3.63) is 51.7 Å². The molecule has 0 saturated heterocycles. The van der Waals surface area contributed by atoms with Gasteiger partial charge in [-0.15, -0.1) is 11.3 Å². The normalized spacial score (nSPS) is 10.6. The Balaban J connectivity index is 2.11. The van der Waals surface area contributed by atoms with Gasteiger partial charge in [0, 0.05) is 24.0 Å². The maximum absolute atomic E-state index is 13.4. The molecule has 0 fully saturated rings. The minimum atomic E-state index is -0.159. The Bertz CT molecular complexity index is 468. The summed E-state index contributed by atoms with van der Waals surface area (Å²) >= 11 is 1.62. The molecule has 4 heteroatoms. The van der Waals surface area contributed by atoms with Crippen LogP contribution in [0.25, 0.3) is 0 Å². The van der Waals surface area contributed by atoms with E-state index in [9.17, 15) is 4.39 Å². The number of halogens is 1. The number of nitrogens with zero attached hydrogens (tertiary/aromatic N) is 1. The second kappa shape index (κ2) is 5.18. The van der Waals surface area contributed by atoms with E-state index in [1.54, 1.807) is 23.5 Å². The summed E-state index contributed by atoms with van der Waals surface area (Å²) in [4.78, 5) is 5.46. The van der Waals surface area contributed by atoms with Crippen molar-refractivity contribution in [2.75, 3.05) is 7.05 Å². The molecule has 1 heterocycles. The number of benzene rings is 1. The molecule has 1 N–H and O–H groups in total. The van der Waals surface area contributed by atoms with E-state index in [-0.39, 0.29) is 5.82 Å². The van der Waals surface area contributed by atoms with Gasteiger partial charge in [-0.3, -0.25) is 0 Å². The topological polar surface area (TPSA) is 24.9 Å². The van der Waals surface area contributed by atoms with Crippen molar-refractivity contribution >= 4 is 11.3 Å². The fraction of sp³-hybridized carbons (Fsp3) is 0.250. The molecule has 2 aromatic rings. The minimum absolute atomic E-state index is 0.159. The van der Waals surface area contributed by atoms with E-state index in [2.05, 4.69) is 10.3 Å². The third-order valence-corrected chi connectivity index (χ3v) is 3.25. The van der Waals surface area contributed by atoms with Gasteiger partial charge in [-0.2, -0.15) is 0 Å². The smallest absolute Gasteiger partial charge is 0.126 e. The first-order valence-electron chi connectivity index (χ1n) is 5.11. The number of rotatable bonds is 4. The Labute approximate surface area is 98.2 Å². The second-order valence-corrected chi connectivity index (χ2v) is 4.72.